The number of rotatable bonds is 2. The average molecular weight is 370 g/mol. The Balaban J connectivity index is 1.90. The minimum absolute atomic E-state index is 0.508. The summed E-state index contributed by atoms with van der Waals surface area (Å²) < 4.78 is 3.21. The number of hydrogen-bond donors (Lipinski definition) is 0. The van der Waals surface area contributed by atoms with Crippen LogP contribution in [0.3, 0.4) is 0 Å². The normalized spacial score (nSPS) is 19.0. The summed E-state index contributed by atoms with van der Waals surface area (Å²) in [5.41, 5.74) is 1.52. The molecule has 2 aromatic heterocycles. The molecule has 0 amide bonds. The molecule has 0 N–H and O–H groups in total. The Labute approximate surface area is 127 Å². The number of nitrogens with zero attached hydrogens (tertiary/aromatic N) is 4. The third kappa shape index (κ3) is 2.32. The van der Waals surface area contributed by atoms with E-state index in [4.69, 9.17) is 0 Å². The van der Waals surface area contributed by atoms with Crippen LogP contribution in [0.15, 0.2) is 18.6 Å². The molecule has 1 aliphatic rings. The largest absolute Gasteiger partial charge is 0.342 e. The standard InChI is InChI=1S/C14H19IN4/c1-3-14(2)4-7-18(8-5-14)13-17-10-11(15)12-16-6-9-19(12)13/h6,9-10H,3-5,7-8H2,1-2H3. The van der Waals surface area contributed by atoms with Crippen molar-refractivity contribution < 1.29 is 0 Å². The number of anilines is 1. The molecule has 0 spiro atoms. The molecule has 0 atom stereocenters. The van der Waals surface area contributed by atoms with Crippen LogP contribution in [0, 0.1) is 8.99 Å². The predicted octanol–water partition coefficient (Wildman–Crippen LogP) is 3.35. The van der Waals surface area contributed by atoms with E-state index in [2.05, 4.69) is 55.7 Å². The van der Waals surface area contributed by atoms with Gasteiger partial charge in [0.15, 0.2) is 5.65 Å². The Hall–Kier alpha value is -0.850. The number of aromatic nitrogens is 3. The number of piperidine rings is 1. The van der Waals surface area contributed by atoms with Crippen molar-refractivity contribution in [2.75, 3.05) is 18.0 Å². The lowest BCUT2D eigenvalue weighted by molar-refractivity contribution is 0.237. The first kappa shape index (κ1) is 13.1. The van der Waals surface area contributed by atoms with Crippen molar-refractivity contribution in [2.24, 2.45) is 5.41 Å². The maximum absolute atomic E-state index is 4.62. The van der Waals surface area contributed by atoms with Crippen molar-refractivity contribution in [3.05, 3.63) is 22.2 Å². The van der Waals surface area contributed by atoms with Crippen LogP contribution >= 0.6 is 22.6 Å². The molecule has 3 heterocycles. The molecule has 102 valence electrons. The van der Waals surface area contributed by atoms with Crippen molar-refractivity contribution in [1.29, 1.82) is 0 Å². The molecule has 5 heteroatoms. The Bertz CT molecular complexity index is 584. The fraction of sp³-hybridized carbons (Fsp3) is 0.571. The van der Waals surface area contributed by atoms with Gasteiger partial charge >= 0.3 is 0 Å². The van der Waals surface area contributed by atoms with Crippen LogP contribution in [0.1, 0.15) is 33.1 Å². The summed E-state index contributed by atoms with van der Waals surface area (Å²) in [5, 5.41) is 0. The van der Waals surface area contributed by atoms with Gasteiger partial charge in [0.25, 0.3) is 0 Å². The van der Waals surface area contributed by atoms with Gasteiger partial charge in [-0.2, -0.15) is 0 Å². The molecular weight excluding hydrogens is 351 g/mol. The summed E-state index contributed by atoms with van der Waals surface area (Å²) in [5.74, 6) is 1.03. The van der Waals surface area contributed by atoms with Crippen LogP contribution in [-0.2, 0) is 0 Å². The van der Waals surface area contributed by atoms with Crippen LogP contribution in [0.4, 0.5) is 5.95 Å². The van der Waals surface area contributed by atoms with Gasteiger partial charge in [-0.05, 0) is 40.8 Å². The zero-order valence-electron chi connectivity index (χ0n) is 11.4. The van der Waals surface area contributed by atoms with Crippen LogP contribution in [0.5, 0.6) is 0 Å². The van der Waals surface area contributed by atoms with Crippen LogP contribution in [-0.4, -0.2) is 27.5 Å². The zero-order valence-corrected chi connectivity index (χ0v) is 13.6. The van der Waals surface area contributed by atoms with Gasteiger partial charge in [-0.15, -0.1) is 0 Å². The van der Waals surface area contributed by atoms with Crippen molar-refractivity contribution >= 4 is 34.2 Å². The molecule has 4 nitrogen and oxygen atoms in total. The molecule has 0 aliphatic carbocycles. The van der Waals surface area contributed by atoms with E-state index < -0.39 is 0 Å². The summed E-state index contributed by atoms with van der Waals surface area (Å²) in [6.07, 6.45) is 9.53. The van der Waals surface area contributed by atoms with Gasteiger partial charge in [0.2, 0.25) is 5.95 Å². The molecule has 1 fully saturated rings. The van der Waals surface area contributed by atoms with Crippen molar-refractivity contribution in [1.82, 2.24) is 14.4 Å². The second-order valence-corrected chi connectivity index (χ2v) is 6.84. The van der Waals surface area contributed by atoms with Crippen molar-refractivity contribution in [2.45, 2.75) is 33.1 Å². The lowest BCUT2D eigenvalue weighted by atomic mass is 9.78. The van der Waals surface area contributed by atoms with Crippen molar-refractivity contribution in [3.8, 4) is 0 Å². The highest BCUT2D eigenvalue weighted by Gasteiger charge is 2.29. The average Bonchev–Trinajstić information content (AvgIpc) is 2.91. The van der Waals surface area contributed by atoms with E-state index in [1.54, 1.807) is 0 Å². The first-order valence-electron chi connectivity index (χ1n) is 6.85. The lowest BCUT2D eigenvalue weighted by Gasteiger charge is -2.39. The summed E-state index contributed by atoms with van der Waals surface area (Å²) in [6, 6.07) is 0. The molecule has 3 rings (SSSR count). The second kappa shape index (κ2) is 4.92. The molecule has 1 saturated heterocycles. The van der Waals surface area contributed by atoms with Gasteiger partial charge in [0.05, 0.1) is 3.57 Å². The van der Waals surface area contributed by atoms with E-state index in [-0.39, 0.29) is 0 Å². The van der Waals surface area contributed by atoms with Gasteiger partial charge in [-0.3, -0.25) is 4.40 Å². The molecule has 0 saturated carbocycles. The predicted molar refractivity (Wildman–Crippen MR) is 85.5 cm³/mol. The van der Waals surface area contributed by atoms with Crippen LogP contribution in [0.25, 0.3) is 5.65 Å². The molecule has 0 bridgehead atoms. The van der Waals surface area contributed by atoms with E-state index in [0.29, 0.717) is 5.41 Å². The highest BCUT2D eigenvalue weighted by atomic mass is 127. The smallest absolute Gasteiger partial charge is 0.211 e. The first-order chi connectivity index (χ1) is 9.13. The minimum Gasteiger partial charge on any atom is -0.342 e. The van der Waals surface area contributed by atoms with Gasteiger partial charge in [-0.25, -0.2) is 9.97 Å². The molecule has 0 unspecified atom stereocenters. The van der Waals surface area contributed by atoms with Crippen LogP contribution < -0.4 is 4.90 Å². The van der Waals surface area contributed by atoms with E-state index in [9.17, 15) is 0 Å². The van der Waals surface area contributed by atoms with Gasteiger partial charge in [-0.1, -0.05) is 20.3 Å². The number of halogens is 1. The summed E-state index contributed by atoms with van der Waals surface area (Å²) in [7, 11) is 0. The molecule has 1 aliphatic heterocycles. The third-order valence-corrected chi connectivity index (χ3v) is 5.23. The van der Waals surface area contributed by atoms with E-state index in [1.165, 1.54) is 19.3 Å². The van der Waals surface area contributed by atoms with Crippen molar-refractivity contribution in [3.63, 3.8) is 0 Å². The molecular formula is C14H19IN4. The second-order valence-electron chi connectivity index (χ2n) is 5.68. The topological polar surface area (TPSA) is 33.4 Å². The summed E-state index contributed by atoms with van der Waals surface area (Å²) in [6.45, 7) is 6.88. The molecule has 0 aromatic carbocycles. The quantitative estimate of drug-likeness (QED) is 0.761. The lowest BCUT2D eigenvalue weighted by Crippen LogP contribution is -2.39. The Morgan fingerprint density at radius 1 is 1.32 bits per heavy atom. The van der Waals surface area contributed by atoms with Crippen LogP contribution in [0.2, 0.25) is 0 Å². The number of imidazole rings is 1. The number of hydrogen-bond acceptors (Lipinski definition) is 3. The molecule has 19 heavy (non-hydrogen) atoms. The highest BCUT2D eigenvalue weighted by molar-refractivity contribution is 14.1. The zero-order chi connectivity index (χ0) is 13.5. The summed E-state index contributed by atoms with van der Waals surface area (Å²) >= 11 is 2.29. The minimum atomic E-state index is 0.508. The van der Waals surface area contributed by atoms with Gasteiger partial charge in [0, 0.05) is 31.7 Å². The Kier molecular flexibility index (Phi) is 3.41. The molecule has 2 aromatic rings. The summed E-state index contributed by atoms with van der Waals surface area (Å²) in [4.78, 5) is 11.4. The fourth-order valence-electron chi connectivity index (χ4n) is 2.71. The SMILES string of the molecule is CCC1(C)CCN(c2ncc(I)c3nccn23)CC1. The Morgan fingerprint density at radius 2 is 2.05 bits per heavy atom. The number of fused-ring (bicyclic) bond motifs is 1. The van der Waals surface area contributed by atoms with E-state index >= 15 is 0 Å². The highest BCUT2D eigenvalue weighted by Crippen LogP contribution is 2.35. The third-order valence-electron chi connectivity index (χ3n) is 4.47. The fourth-order valence-corrected chi connectivity index (χ4v) is 3.25. The van der Waals surface area contributed by atoms with E-state index in [1.807, 2.05) is 18.6 Å². The molecule has 0 radical (unpaired) electrons. The van der Waals surface area contributed by atoms with Gasteiger partial charge < -0.3 is 4.90 Å². The first-order valence-corrected chi connectivity index (χ1v) is 7.93. The van der Waals surface area contributed by atoms with E-state index in [0.717, 1.165) is 28.3 Å². The maximum Gasteiger partial charge on any atom is 0.211 e. The van der Waals surface area contributed by atoms with Gasteiger partial charge in [0.1, 0.15) is 0 Å². The monoisotopic (exact) mass is 370 g/mol. The maximum atomic E-state index is 4.62. The Morgan fingerprint density at radius 3 is 2.74 bits per heavy atom.